The Morgan fingerprint density at radius 3 is 3.06 bits per heavy atom. The van der Waals surface area contributed by atoms with Crippen LogP contribution in [-0.2, 0) is 4.79 Å². The van der Waals surface area contributed by atoms with E-state index in [2.05, 4.69) is 30.6 Å². The van der Waals surface area contributed by atoms with Gasteiger partial charge < -0.3 is 15.6 Å². The summed E-state index contributed by atoms with van der Waals surface area (Å²) in [5, 5.41) is 5.43. The van der Waals surface area contributed by atoms with E-state index in [1.54, 1.807) is 25.5 Å². The number of aromatic amines is 1. The van der Waals surface area contributed by atoms with Crippen molar-refractivity contribution in [1.29, 1.82) is 0 Å². The molecule has 1 amide bonds. The highest BCUT2D eigenvalue weighted by atomic mass is 16.1. The van der Waals surface area contributed by atoms with Crippen LogP contribution in [-0.4, -0.2) is 39.4 Å². The van der Waals surface area contributed by atoms with E-state index in [1.165, 1.54) is 6.33 Å². The van der Waals surface area contributed by atoms with Crippen molar-refractivity contribution < 1.29 is 4.79 Å². The van der Waals surface area contributed by atoms with Crippen LogP contribution in [0.25, 0.3) is 11.5 Å². The van der Waals surface area contributed by atoms with Gasteiger partial charge in [0, 0.05) is 13.2 Å². The highest BCUT2D eigenvalue weighted by Gasteiger charge is 2.04. The Kier molecular flexibility index (Phi) is 3.29. The van der Waals surface area contributed by atoms with Crippen LogP contribution in [0.2, 0.25) is 0 Å². The molecule has 3 N–H and O–H groups in total. The van der Waals surface area contributed by atoms with Gasteiger partial charge in [-0.3, -0.25) is 4.79 Å². The predicted molar refractivity (Wildman–Crippen MR) is 62.2 cm³/mol. The maximum Gasteiger partial charge on any atom is 0.239 e. The lowest BCUT2D eigenvalue weighted by molar-refractivity contribution is -0.118. The molecule has 7 nitrogen and oxygen atoms in total. The number of carbonyl (C=O) groups excluding carboxylic acids is 1. The molecule has 0 aliphatic rings. The molecule has 0 saturated heterocycles. The molecular formula is C10H12N6O. The van der Waals surface area contributed by atoms with Crippen LogP contribution in [0.15, 0.2) is 24.8 Å². The molecule has 0 radical (unpaired) electrons. The van der Waals surface area contributed by atoms with Gasteiger partial charge >= 0.3 is 0 Å². The van der Waals surface area contributed by atoms with Crippen molar-refractivity contribution in [2.24, 2.45) is 0 Å². The minimum atomic E-state index is -0.0943. The third-order valence-corrected chi connectivity index (χ3v) is 2.12. The minimum Gasteiger partial charge on any atom is -0.361 e. The zero-order valence-corrected chi connectivity index (χ0v) is 9.27. The van der Waals surface area contributed by atoms with Crippen molar-refractivity contribution in [3.05, 3.63) is 24.8 Å². The van der Waals surface area contributed by atoms with Gasteiger partial charge in [0.25, 0.3) is 0 Å². The monoisotopic (exact) mass is 232 g/mol. The molecule has 17 heavy (non-hydrogen) atoms. The molecule has 2 aromatic heterocycles. The summed E-state index contributed by atoms with van der Waals surface area (Å²) in [6.45, 7) is 0.196. The Morgan fingerprint density at radius 1 is 1.47 bits per heavy atom. The van der Waals surface area contributed by atoms with Gasteiger partial charge in [0.05, 0.1) is 12.7 Å². The third-order valence-electron chi connectivity index (χ3n) is 2.12. The minimum absolute atomic E-state index is 0.0943. The van der Waals surface area contributed by atoms with Crippen LogP contribution in [0.3, 0.4) is 0 Å². The number of likely N-dealkylation sites (N-methyl/N-ethyl adjacent to an activating group) is 1. The highest BCUT2D eigenvalue weighted by molar-refractivity contribution is 5.80. The number of rotatable bonds is 4. The summed E-state index contributed by atoms with van der Waals surface area (Å²) in [5.41, 5.74) is 0.702. The average molecular weight is 232 g/mol. The fourth-order valence-corrected chi connectivity index (χ4v) is 1.24. The molecule has 0 bridgehead atoms. The van der Waals surface area contributed by atoms with Gasteiger partial charge in [-0.25, -0.2) is 15.0 Å². The van der Waals surface area contributed by atoms with Gasteiger partial charge in [0.2, 0.25) is 5.91 Å². The van der Waals surface area contributed by atoms with Crippen molar-refractivity contribution in [1.82, 2.24) is 25.3 Å². The molecule has 2 aromatic rings. The van der Waals surface area contributed by atoms with Crippen LogP contribution in [0.1, 0.15) is 0 Å². The van der Waals surface area contributed by atoms with Gasteiger partial charge in [-0.2, -0.15) is 0 Å². The van der Waals surface area contributed by atoms with Crippen LogP contribution >= 0.6 is 0 Å². The van der Waals surface area contributed by atoms with E-state index in [9.17, 15) is 4.79 Å². The van der Waals surface area contributed by atoms with E-state index >= 15 is 0 Å². The van der Waals surface area contributed by atoms with Gasteiger partial charge in [-0.15, -0.1) is 0 Å². The van der Waals surface area contributed by atoms with Crippen LogP contribution in [0.5, 0.6) is 0 Å². The molecule has 0 fully saturated rings. The van der Waals surface area contributed by atoms with Crippen LogP contribution in [0.4, 0.5) is 5.82 Å². The number of hydrogen-bond donors (Lipinski definition) is 3. The van der Waals surface area contributed by atoms with E-state index in [0.717, 1.165) is 0 Å². The first-order chi connectivity index (χ1) is 8.29. The molecule has 88 valence electrons. The van der Waals surface area contributed by atoms with E-state index < -0.39 is 0 Å². The molecule has 0 unspecified atom stereocenters. The summed E-state index contributed by atoms with van der Waals surface area (Å²) in [4.78, 5) is 26.1. The Labute approximate surface area is 97.7 Å². The number of hydrogen-bond acceptors (Lipinski definition) is 5. The molecule has 2 rings (SSSR count). The topological polar surface area (TPSA) is 95.6 Å². The second-order valence-electron chi connectivity index (χ2n) is 3.27. The molecule has 0 aliphatic carbocycles. The van der Waals surface area contributed by atoms with Crippen molar-refractivity contribution in [3.63, 3.8) is 0 Å². The standard InChI is InChI=1S/C10H12N6O/c1-11-9(17)5-13-8-4-14-10(16-8)7-2-3-12-6-15-7/h2-4,6,13H,5H2,1H3,(H,11,17)(H,14,16). The average Bonchev–Trinajstić information content (AvgIpc) is 2.86. The van der Waals surface area contributed by atoms with Gasteiger partial charge in [0.15, 0.2) is 5.82 Å². The van der Waals surface area contributed by atoms with Gasteiger partial charge in [-0.05, 0) is 6.07 Å². The van der Waals surface area contributed by atoms with Gasteiger partial charge in [-0.1, -0.05) is 0 Å². The molecule has 0 spiro atoms. The third kappa shape index (κ3) is 2.77. The fraction of sp³-hybridized carbons (Fsp3) is 0.200. The van der Waals surface area contributed by atoms with Crippen LogP contribution < -0.4 is 10.6 Å². The Morgan fingerprint density at radius 2 is 2.35 bits per heavy atom. The Balaban J connectivity index is 2.04. The number of imidazole rings is 1. The first-order valence-electron chi connectivity index (χ1n) is 5.05. The Hall–Kier alpha value is -2.44. The van der Waals surface area contributed by atoms with Crippen molar-refractivity contribution in [2.45, 2.75) is 0 Å². The molecule has 0 aromatic carbocycles. The first-order valence-corrected chi connectivity index (χ1v) is 5.05. The summed E-state index contributed by atoms with van der Waals surface area (Å²) in [6.07, 6.45) is 4.71. The number of H-pyrrole nitrogens is 1. The van der Waals surface area contributed by atoms with Crippen molar-refractivity contribution in [3.8, 4) is 11.5 Å². The molecular weight excluding hydrogens is 220 g/mol. The lowest BCUT2D eigenvalue weighted by Gasteiger charge is -2.01. The number of aromatic nitrogens is 4. The zero-order chi connectivity index (χ0) is 12.1. The number of amides is 1. The van der Waals surface area contributed by atoms with E-state index in [-0.39, 0.29) is 12.5 Å². The second kappa shape index (κ2) is 5.06. The Bertz CT molecular complexity index is 495. The molecule has 7 heteroatoms. The molecule has 0 atom stereocenters. The first kappa shape index (κ1) is 11.1. The summed E-state index contributed by atoms with van der Waals surface area (Å²) < 4.78 is 0. The lowest BCUT2D eigenvalue weighted by atomic mass is 10.4. The summed E-state index contributed by atoms with van der Waals surface area (Å²) >= 11 is 0. The normalized spacial score (nSPS) is 9.94. The van der Waals surface area contributed by atoms with Crippen molar-refractivity contribution >= 4 is 11.7 Å². The van der Waals surface area contributed by atoms with E-state index in [0.29, 0.717) is 17.3 Å². The maximum absolute atomic E-state index is 11.0. The van der Waals surface area contributed by atoms with E-state index in [4.69, 9.17) is 0 Å². The SMILES string of the molecule is CNC(=O)CNc1cnc(-c2ccncn2)[nH]1. The van der Waals surface area contributed by atoms with Gasteiger partial charge in [0.1, 0.15) is 17.8 Å². The zero-order valence-electron chi connectivity index (χ0n) is 9.27. The number of nitrogens with zero attached hydrogens (tertiary/aromatic N) is 3. The molecule has 0 aliphatic heterocycles. The maximum atomic E-state index is 11.0. The van der Waals surface area contributed by atoms with Crippen molar-refractivity contribution in [2.75, 3.05) is 18.9 Å². The summed E-state index contributed by atoms with van der Waals surface area (Å²) in [7, 11) is 1.59. The molecule has 0 saturated carbocycles. The highest BCUT2D eigenvalue weighted by Crippen LogP contribution is 2.13. The molecule has 2 heterocycles. The summed E-state index contributed by atoms with van der Waals surface area (Å²) in [6, 6.07) is 1.75. The number of nitrogens with one attached hydrogen (secondary N) is 3. The number of anilines is 1. The predicted octanol–water partition coefficient (Wildman–Crippen LogP) is 0.0246. The smallest absolute Gasteiger partial charge is 0.239 e. The second-order valence-corrected chi connectivity index (χ2v) is 3.27. The van der Waals surface area contributed by atoms with E-state index in [1.807, 2.05) is 0 Å². The quantitative estimate of drug-likeness (QED) is 0.691. The largest absolute Gasteiger partial charge is 0.361 e. The fourth-order valence-electron chi connectivity index (χ4n) is 1.24. The lowest BCUT2D eigenvalue weighted by Crippen LogP contribution is -2.26. The number of carbonyl (C=O) groups is 1. The summed E-state index contributed by atoms with van der Waals surface area (Å²) in [5.74, 6) is 1.21. The van der Waals surface area contributed by atoms with Crippen LogP contribution in [0, 0.1) is 0 Å².